The standard InChI is InChI=1S/C48H52/c1-26-16-18-37-34(22-26)45-44(46(37,7)8)33-17-19-38-40(43(33)47(45,9)10)36-24-30(5)39-29(4)20-27(2)23-35(39)42(36)48(38)25-28(3)21-31(6)41(48)32-14-12-11-13-15-32/h16-25,32,41H,11-15H2,1-10H3. The largest absolute Gasteiger partial charge is 0.0681 e. The fourth-order valence-corrected chi connectivity index (χ4v) is 12.3. The summed E-state index contributed by atoms with van der Waals surface area (Å²) in [5.74, 6) is 1.16. The SMILES string of the molecule is CC1=CC2(c3ccc4c(c3-c3cc(C)c5c(C)cc(C)cc5c32)C(C)(C)C2=C4C(C)(C)c3ccc(C)cc32)C(C2CCCCC2)C(C)=C1. The van der Waals surface area contributed by atoms with Crippen molar-refractivity contribution in [1.29, 1.82) is 0 Å². The Morgan fingerprint density at radius 2 is 1.29 bits per heavy atom. The molecule has 1 fully saturated rings. The molecule has 1 spiro atoms. The fourth-order valence-electron chi connectivity index (χ4n) is 12.3. The van der Waals surface area contributed by atoms with Crippen LogP contribution in [0.25, 0.3) is 33.0 Å². The Morgan fingerprint density at radius 3 is 2.04 bits per heavy atom. The van der Waals surface area contributed by atoms with Gasteiger partial charge in [0.1, 0.15) is 0 Å². The van der Waals surface area contributed by atoms with Gasteiger partial charge in [0.15, 0.2) is 0 Å². The topological polar surface area (TPSA) is 0 Å². The van der Waals surface area contributed by atoms with E-state index in [2.05, 4.69) is 130 Å². The predicted octanol–water partition coefficient (Wildman–Crippen LogP) is 12.9. The van der Waals surface area contributed by atoms with E-state index in [-0.39, 0.29) is 16.2 Å². The summed E-state index contributed by atoms with van der Waals surface area (Å²) in [5.41, 5.74) is 23.6. The molecule has 0 bridgehead atoms. The minimum absolute atomic E-state index is 0.0347. The molecule has 4 aromatic rings. The van der Waals surface area contributed by atoms with Crippen molar-refractivity contribution in [1.82, 2.24) is 0 Å². The third kappa shape index (κ3) is 3.63. The highest BCUT2D eigenvalue weighted by atomic mass is 14.6. The molecule has 244 valence electrons. The van der Waals surface area contributed by atoms with Crippen LogP contribution < -0.4 is 0 Å². The Balaban J connectivity index is 1.43. The quantitative estimate of drug-likeness (QED) is 0.197. The number of hydrogen-bond donors (Lipinski definition) is 0. The third-order valence-electron chi connectivity index (χ3n) is 13.6. The molecule has 0 heteroatoms. The number of aryl methyl sites for hydroxylation is 4. The Hall–Kier alpha value is -3.64. The molecule has 2 atom stereocenters. The van der Waals surface area contributed by atoms with Crippen molar-refractivity contribution < 1.29 is 0 Å². The number of hydrogen-bond acceptors (Lipinski definition) is 0. The van der Waals surface area contributed by atoms with Gasteiger partial charge in [-0.15, -0.1) is 0 Å². The van der Waals surface area contributed by atoms with Gasteiger partial charge in [0.05, 0.1) is 0 Å². The molecule has 0 saturated heterocycles. The fraction of sp³-hybridized carbons (Fsp3) is 0.417. The van der Waals surface area contributed by atoms with Crippen molar-refractivity contribution in [3.63, 3.8) is 0 Å². The van der Waals surface area contributed by atoms with Gasteiger partial charge in [-0.25, -0.2) is 0 Å². The first-order valence-electron chi connectivity index (χ1n) is 18.8. The highest BCUT2D eigenvalue weighted by Gasteiger charge is 2.57. The van der Waals surface area contributed by atoms with Crippen molar-refractivity contribution in [3.05, 3.63) is 127 Å². The average molecular weight is 629 g/mol. The molecular formula is C48H52. The van der Waals surface area contributed by atoms with Crippen molar-refractivity contribution in [3.8, 4) is 11.1 Å². The number of benzene rings is 4. The van der Waals surface area contributed by atoms with E-state index in [9.17, 15) is 0 Å². The van der Waals surface area contributed by atoms with Crippen LogP contribution in [0.4, 0.5) is 0 Å². The maximum Gasteiger partial charge on any atom is 0.0473 e. The van der Waals surface area contributed by atoms with Crippen LogP contribution in [0.5, 0.6) is 0 Å². The van der Waals surface area contributed by atoms with Crippen LogP contribution >= 0.6 is 0 Å². The van der Waals surface area contributed by atoms with E-state index in [1.165, 1.54) is 93.0 Å². The lowest BCUT2D eigenvalue weighted by molar-refractivity contribution is 0.227. The van der Waals surface area contributed by atoms with Crippen LogP contribution in [0.1, 0.15) is 129 Å². The summed E-state index contributed by atoms with van der Waals surface area (Å²) in [6.07, 6.45) is 12.1. The second-order valence-electron chi connectivity index (χ2n) is 17.6. The van der Waals surface area contributed by atoms with Gasteiger partial charge in [-0.1, -0.05) is 130 Å². The molecule has 4 aromatic carbocycles. The summed E-state index contributed by atoms with van der Waals surface area (Å²) in [4.78, 5) is 0. The zero-order valence-electron chi connectivity index (χ0n) is 31.0. The second kappa shape index (κ2) is 9.74. The smallest absolute Gasteiger partial charge is 0.0473 e. The van der Waals surface area contributed by atoms with E-state index >= 15 is 0 Å². The third-order valence-corrected chi connectivity index (χ3v) is 13.6. The average Bonchev–Trinajstić information content (AvgIpc) is 3.52. The molecular weight excluding hydrogens is 577 g/mol. The summed E-state index contributed by atoms with van der Waals surface area (Å²) in [6, 6.07) is 20.0. The van der Waals surface area contributed by atoms with E-state index in [0.29, 0.717) is 11.8 Å². The van der Waals surface area contributed by atoms with Crippen LogP contribution in [-0.4, -0.2) is 0 Å². The van der Waals surface area contributed by atoms with Crippen LogP contribution in [0.2, 0.25) is 0 Å². The van der Waals surface area contributed by atoms with E-state index in [1.807, 2.05) is 0 Å². The molecule has 0 amide bonds. The predicted molar refractivity (Wildman–Crippen MR) is 206 cm³/mol. The van der Waals surface area contributed by atoms with Gasteiger partial charge in [0.2, 0.25) is 0 Å². The summed E-state index contributed by atoms with van der Waals surface area (Å²) in [7, 11) is 0. The Kier molecular flexibility index (Phi) is 6.18. The van der Waals surface area contributed by atoms with Gasteiger partial charge in [-0.3, -0.25) is 0 Å². The minimum atomic E-state index is -0.177. The van der Waals surface area contributed by atoms with Crippen molar-refractivity contribution in [2.75, 3.05) is 0 Å². The molecule has 1 saturated carbocycles. The minimum Gasteiger partial charge on any atom is -0.0681 e. The van der Waals surface area contributed by atoms with Gasteiger partial charge in [-0.2, -0.15) is 0 Å². The van der Waals surface area contributed by atoms with Gasteiger partial charge < -0.3 is 0 Å². The summed E-state index contributed by atoms with van der Waals surface area (Å²) in [5, 5.41) is 2.96. The van der Waals surface area contributed by atoms with Gasteiger partial charge in [0, 0.05) is 16.2 Å². The normalized spacial score (nSPS) is 24.8. The molecule has 48 heavy (non-hydrogen) atoms. The maximum absolute atomic E-state index is 2.74. The summed E-state index contributed by atoms with van der Waals surface area (Å²) in [6.45, 7) is 24.1. The van der Waals surface area contributed by atoms with Gasteiger partial charge in [0.25, 0.3) is 0 Å². The van der Waals surface area contributed by atoms with Crippen LogP contribution in [-0.2, 0) is 16.2 Å². The number of rotatable bonds is 1. The lowest BCUT2D eigenvalue weighted by atomic mass is 9.56. The zero-order chi connectivity index (χ0) is 33.7. The molecule has 0 heterocycles. The molecule has 2 unspecified atom stereocenters. The van der Waals surface area contributed by atoms with Gasteiger partial charge in [-0.05, 0) is 144 Å². The summed E-state index contributed by atoms with van der Waals surface area (Å²) < 4.78 is 0. The van der Waals surface area contributed by atoms with Crippen LogP contribution in [0, 0.1) is 39.5 Å². The highest BCUT2D eigenvalue weighted by Crippen LogP contribution is 2.69. The molecule has 9 rings (SSSR count). The highest BCUT2D eigenvalue weighted by molar-refractivity contribution is 6.13. The van der Waals surface area contributed by atoms with Crippen molar-refractivity contribution in [2.24, 2.45) is 11.8 Å². The zero-order valence-corrected chi connectivity index (χ0v) is 31.0. The molecule has 5 aliphatic carbocycles. The van der Waals surface area contributed by atoms with E-state index in [4.69, 9.17) is 0 Å². The molecule has 5 aliphatic rings. The first kappa shape index (κ1) is 30.4. The van der Waals surface area contributed by atoms with Crippen LogP contribution in [0.15, 0.2) is 71.8 Å². The molecule has 0 aromatic heterocycles. The first-order chi connectivity index (χ1) is 22.8. The molecule has 0 radical (unpaired) electrons. The second-order valence-corrected chi connectivity index (χ2v) is 17.6. The molecule has 0 aliphatic heterocycles. The van der Waals surface area contributed by atoms with E-state index < -0.39 is 0 Å². The molecule has 0 N–H and O–H groups in total. The van der Waals surface area contributed by atoms with E-state index in [0.717, 1.165) is 0 Å². The monoisotopic (exact) mass is 628 g/mol. The maximum atomic E-state index is 2.74. The Labute approximate surface area is 289 Å². The number of fused-ring (bicyclic) bond motifs is 12. The summed E-state index contributed by atoms with van der Waals surface area (Å²) >= 11 is 0. The van der Waals surface area contributed by atoms with Gasteiger partial charge >= 0.3 is 0 Å². The first-order valence-corrected chi connectivity index (χ1v) is 18.8. The Morgan fingerprint density at radius 1 is 0.604 bits per heavy atom. The lowest BCUT2D eigenvalue weighted by Gasteiger charge is -2.47. The van der Waals surface area contributed by atoms with Crippen LogP contribution in [0.3, 0.4) is 0 Å². The lowest BCUT2D eigenvalue weighted by Crippen LogP contribution is -2.41. The molecule has 0 nitrogen and oxygen atoms in total. The van der Waals surface area contributed by atoms with Crippen molar-refractivity contribution >= 4 is 21.9 Å². The Bertz CT molecular complexity index is 2220. The van der Waals surface area contributed by atoms with Crippen molar-refractivity contribution in [2.45, 2.75) is 118 Å². The van der Waals surface area contributed by atoms with E-state index in [1.54, 1.807) is 39.0 Å². The number of allylic oxidation sites excluding steroid dienone is 6.